The van der Waals surface area contributed by atoms with Crippen molar-refractivity contribution in [2.45, 2.75) is 33.7 Å². The predicted molar refractivity (Wildman–Crippen MR) is 69.6 cm³/mol. The molecule has 0 aliphatic heterocycles. The highest BCUT2D eigenvalue weighted by Crippen LogP contribution is 2.19. The fourth-order valence-corrected chi connectivity index (χ4v) is 1.69. The maximum absolute atomic E-state index is 5.79. The van der Waals surface area contributed by atoms with E-state index < -0.39 is 0 Å². The van der Waals surface area contributed by atoms with Gasteiger partial charge in [0, 0.05) is 25.8 Å². The summed E-state index contributed by atoms with van der Waals surface area (Å²) in [6, 6.07) is 4.13. The molecule has 0 aliphatic rings. The van der Waals surface area contributed by atoms with Gasteiger partial charge in [0.05, 0.1) is 0 Å². The Morgan fingerprint density at radius 2 is 2.00 bits per heavy atom. The molecule has 90 valence electrons. The first kappa shape index (κ1) is 13.0. The number of hydrogen-bond acceptors (Lipinski definition) is 3. The number of nitrogens with two attached hydrogens (primary N) is 1. The summed E-state index contributed by atoms with van der Waals surface area (Å²) in [7, 11) is 2.07. The van der Waals surface area contributed by atoms with Crippen molar-refractivity contribution in [2.75, 3.05) is 18.5 Å². The van der Waals surface area contributed by atoms with E-state index in [1.54, 1.807) is 0 Å². The molecule has 1 atom stereocenters. The van der Waals surface area contributed by atoms with Crippen LogP contribution in [0.5, 0.6) is 0 Å². The largest absolute Gasteiger partial charge is 0.359 e. The summed E-state index contributed by atoms with van der Waals surface area (Å²) < 4.78 is 0. The molecule has 0 spiro atoms. The molecule has 0 unspecified atom stereocenters. The molecule has 0 radical (unpaired) electrons. The summed E-state index contributed by atoms with van der Waals surface area (Å²) in [6.07, 6.45) is 1.86. The Hall–Kier alpha value is -1.09. The Morgan fingerprint density at radius 1 is 1.38 bits per heavy atom. The number of aromatic nitrogens is 1. The average molecular weight is 221 g/mol. The Labute approximate surface area is 98.7 Å². The van der Waals surface area contributed by atoms with Gasteiger partial charge in [-0.25, -0.2) is 4.98 Å². The van der Waals surface area contributed by atoms with Gasteiger partial charge in [-0.15, -0.1) is 0 Å². The van der Waals surface area contributed by atoms with Crippen LogP contribution in [0.3, 0.4) is 0 Å². The van der Waals surface area contributed by atoms with Gasteiger partial charge < -0.3 is 10.6 Å². The minimum absolute atomic E-state index is 0.0504. The van der Waals surface area contributed by atoms with Crippen LogP contribution in [-0.2, 0) is 0 Å². The van der Waals surface area contributed by atoms with Crippen molar-refractivity contribution >= 4 is 5.82 Å². The number of hydrogen-bond donors (Lipinski definition) is 1. The normalized spacial score (nSPS) is 13.6. The summed E-state index contributed by atoms with van der Waals surface area (Å²) in [5.74, 6) is 0.999. The highest BCUT2D eigenvalue weighted by atomic mass is 15.2. The van der Waals surface area contributed by atoms with Crippen LogP contribution in [0.4, 0.5) is 5.82 Å². The zero-order valence-corrected chi connectivity index (χ0v) is 11.0. The monoisotopic (exact) mass is 221 g/mol. The van der Waals surface area contributed by atoms with Crippen LogP contribution in [0.1, 0.15) is 39.3 Å². The van der Waals surface area contributed by atoms with E-state index >= 15 is 0 Å². The summed E-state index contributed by atoms with van der Waals surface area (Å²) in [4.78, 5) is 6.60. The number of rotatable bonds is 3. The van der Waals surface area contributed by atoms with Gasteiger partial charge in [0.25, 0.3) is 0 Å². The predicted octanol–water partition coefficient (Wildman–Crippen LogP) is 2.58. The lowest BCUT2D eigenvalue weighted by Crippen LogP contribution is -2.29. The van der Waals surface area contributed by atoms with E-state index in [0.717, 1.165) is 17.9 Å². The molecule has 0 fully saturated rings. The second-order valence-corrected chi connectivity index (χ2v) is 5.66. The maximum Gasteiger partial charge on any atom is 0.128 e. The van der Waals surface area contributed by atoms with E-state index in [4.69, 9.17) is 5.73 Å². The lowest BCUT2D eigenvalue weighted by Gasteiger charge is -2.27. The maximum atomic E-state index is 5.79. The van der Waals surface area contributed by atoms with Gasteiger partial charge in [-0.3, -0.25) is 0 Å². The first-order valence-electron chi connectivity index (χ1n) is 5.72. The Balaban J connectivity index is 2.74. The molecule has 16 heavy (non-hydrogen) atoms. The molecule has 1 aromatic heterocycles. The van der Waals surface area contributed by atoms with Crippen molar-refractivity contribution in [3.63, 3.8) is 0 Å². The van der Waals surface area contributed by atoms with E-state index in [-0.39, 0.29) is 11.5 Å². The quantitative estimate of drug-likeness (QED) is 0.853. The van der Waals surface area contributed by atoms with Crippen molar-refractivity contribution < 1.29 is 0 Å². The van der Waals surface area contributed by atoms with Gasteiger partial charge in [0.1, 0.15) is 5.82 Å². The van der Waals surface area contributed by atoms with E-state index in [1.807, 2.05) is 25.3 Å². The van der Waals surface area contributed by atoms with Gasteiger partial charge in [-0.2, -0.15) is 0 Å². The topological polar surface area (TPSA) is 42.1 Å². The Kier molecular flexibility index (Phi) is 3.92. The number of nitrogens with zero attached hydrogens (tertiary/aromatic N) is 2. The lowest BCUT2D eigenvalue weighted by molar-refractivity contribution is 0.418. The molecule has 0 amide bonds. The molecule has 1 rings (SSSR count). The standard InChI is InChI=1S/C13H23N3/c1-10(14)11-6-7-12(15-8-11)16(5)9-13(2,3)4/h6-8,10H,9,14H2,1-5H3/t10-/m0/s1. The Morgan fingerprint density at radius 3 is 2.38 bits per heavy atom. The van der Waals surface area contributed by atoms with Crippen LogP contribution >= 0.6 is 0 Å². The van der Waals surface area contributed by atoms with E-state index in [0.29, 0.717) is 0 Å². The van der Waals surface area contributed by atoms with Crippen LogP contribution < -0.4 is 10.6 Å². The molecule has 0 aromatic carbocycles. The molecular formula is C13H23N3. The molecule has 0 bridgehead atoms. The van der Waals surface area contributed by atoms with Gasteiger partial charge in [-0.1, -0.05) is 26.8 Å². The van der Waals surface area contributed by atoms with Crippen LogP contribution in [-0.4, -0.2) is 18.6 Å². The SMILES string of the molecule is C[C@H](N)c1ccc(N(C)CC(C)(C)C)nc1. The smallest absolute Gasteiger partial charge is 0.128 e. The van der Waals surface area contributed by atoms with Crippen molar-refractivity contribution in [2.24, 2.45) is 11.1 Å². The number of anilines is 1. The van der Waals surface area contributed by atoms with Crippen molar-refractivity contribution in [3.05, 3.63) is 23.9 Å². The summed E-state index contributed by atoms with van der Waals surface area (Å²) >= 11 is 0. The second-order valence-electron chi connectivity index (χ2n) is 5.66. The third kappa shape index (κ3) is 3.81. The van der Waals surface area contributed by atoms with Gasteiger partial charge in [-0.05, 0) is 24.0 Å². The molecule has 0 aliphatic carbocycles. The fraction of sp³-hybridized carbons (Fsp3) is 0.615. The van der Waals surface area contributed by atoms with Gasteiger partial charge >= 0.3 is 0 Å². The third-order valence-electron chi connectivity index (χ3n) is 2.40. The van der Waals surface area contributed by atoms with Gasteiger partial charge in [0.15, 0.2) is 0 Å². The van der Waals surface area contributed by atoms with Gasteiger partial charge in [0.2, 0.25) is 0 Å². The molecular weight excluding hydrogens is 198 g/mol. The Bertz CT molecular complexity index is 322. The van der Waals surface area contributed by atoms with E-state index in [9.17, 15) is 0 Å². The number of pyridine rings is 1. The first-order valence-corrected chi connectivity index (χ1v) is 5.72. The van der Waals surface area contributed by atoms with E-state index in [2.05, 4.69) is 37.7 Å². The molecule has 0 saturated heterocycles. The van der Waals surface area contributed by atoms with Crippen LogP contribution in [0.25, 0.3) is 0 Å². The molecule has 3 nitrogen and oxygen atoms in total. The second kappa shape index (κ2) is 4.83. The third-order valence-corrected chi connectivity index (χ3v) is 2.40. The van der Waals surface area contributed by atoms with Crippen molar-refractivity contribution in [3.8, 4) is 0 Å². The summed E-state index contributed by atoms with van der Waals surface area (Å²) in [5, 5.41) is 0. The highest BCUT2D eigenvalue weighted by Gasteiger charge is 2.14. The molecule has 1 heterocycles. The fourth-order valence-electron chi connectivity index (χ4n) is 1.69. The van der Waals surface area contributed by atoms with Crippen LogP contribution in [0.15, 0.2) is 18.3 Å². The minimum Gasteiger partial charge on any atom is -0.359 e. The van der Waals surface area contributed by atoms with E-state index in [1.165, 1.54) is 0 Å². The van der Waals surface area contributed by atoms with Crippen LogP contribution in [0, 0.1) is 5.41 Å². The first-order chi connectivity index (χ1) is 7.29. The average Bonchev–Trinajstić information content (AvgIpc) is 2.15. The highest BCUT2D eigenvalue weighted by molar-refractivity contribution is 5.39. The van der Waals surface area contributed by atoms with Crippen molar-refractivity contribution in [1.29, 1.82) is 0 Å². The zero-order chi connectivity index (χ0) is 12.3. The molecule has 3 heteroatoms. The zero-order valence-electron chi connectivity index (χ0n) is 11.0. The molecule has 1 aromatic rings. The van der Waals surface area contributed by atoms with Crippen LogP contribution in [0.2, 0.25) is 0 Å². The summed E-state index contributed by atoms with van der Waals surface area (Å²) in [5.41, 5.74) is 7.14. The lowest BCUT2D eigenvalue weighted by atomic mass is 9.96. The summed E-state index contributed by atoms with van der Waals surface area (Å²) in [6.45, 7) is 9.62. The molecule has 2 N–H and O–H groups in total. The van der Waals surface area contributed by atoms with Crippen molar-refractivity contribution in [1.82, 2.24) is 4.98 Å². The molecule has 0 saturated carbocycles. The minimum atomic E-state index is 0.0504.